The van der Waals surface area contributed by atoms with Crippen molar-refractivity contribution in [3.8, 4) is 10.6 Å². The van der Waals surface area contributed by atoms with Crippen LogP contribution in [0, 0.1) is 5.13 Å². The second-order valence-electron chi connectivity index (χ2n) is 8.84. The first-order chi connectivity index (χ1) is 16.0. The number of benzene rings is 1. The van der Waals surface area contributed by atoms with Crippen LogP contribution in [-0.2, 0) is 6.54 Å². The second kappa shape index (κ2) is 9.11. The van der Waals surface area contributed by atoms with Crippen LogP contribution in [0.15, 0.2) is 53.1 Å². The van der Waals surface area contributed by atoms with E-state index in [1.54, 1.807) is 6.07 Å². The highest BCUT2D eigenvalue weighted by Gasteiger charge is 2.24. The molecule has 0 radical (unpaired) electrons. The highest BCUT2D eigenvalue weighted by atomic mass is 32.1. The standard InChI is InChI=1S/C25H27FN4O2S/c1-16(2)29-11-9-18(10-12-29)27-25(31)21-13-17-5-3-4-6-20(17)30(21)15-19-14-22(32-28-19)23-7-8-24(26)33-23/h3-8,13-14,16,18H,9-12,15H2,1-2H3,(H,27,31). The third kappa shape index (κ3) is 4.58. The molecule has 172 valence electrons. The molecular weight excluding hydrogens is 439 g/mol. The van der Waals surface area contributed by atoms with Crippen LogP contribution in [0.3, 0.4) is 0 Å². The SMILES string of the molecule is CC(C)N1CCC(NC(=O)c2cc3ccccc3n2Cc2cc(-c3ccc(F)s3)on2)CC1. The first-order valence-electron chi connectivity index (χ1n) is 11.3. The van der Waals surface area contributed by atoms with Gasteiger partial charge in [0.1, 0.15) is 11.4 Å². The Morgan fingerprint density at radius 1 is 1.21 bits per heavy atom. The van der Waals surface area contributed by atoms with Crippen LogP contribution in [-0.4, -0.2) is 45.7 Å². The molecule has 1 saturated heterocycles. The summed E-state index contributed by atoms with van der Waals surface area (Å²) in [7, 11) is 0. The van der Waals surface area contributed by atoms with E-state index in [0.29, 0.717) is 34.6 Å². The Labute approximate surface area is 196 Å². The van der Waals surface area contributed by atoms with Gasteiger partial charge in [-0.25, -0.2) is 0 Å². The Morgan fingerprint density at radius 3 is 2.73 bits per heavy atom. The first kappa shape index (κ1) is 21.9. The van der Waals surface area contributed by atoms with Gasteiger partial charge in [0.2, 0.25) is 0 Å². The predicted octanol–water partition coefficient (Wildman–Crippen LogP) is 5.15. The summed E-state index contributed by atoms with van der Waals surface area (Å²) in [5.74, 6) is 0.455. The zero-order valence-electron chi connectivity index (χ0n) is 18.8. The number of amides is 1. The van der Waals surface area contributed by atoms with E-state index >= 15 is 0 Å². The highest BCUT2D eigenvalue weighted by molar-refractivity contribution is 7.13. The molecule has 33 heavy (non-hydrogen) atoms. The van der Waals surface area contributed by atoms with E-state index in [0.717, 1.165) is 48.2 Å². The van der Waals surface area contributed by atoms with E-state index in [1.165, 1.54) is 6.07 Å². The minimum absolute atomic E-state index is 0.0711. The fourth-order valence-corrected chi connectivity index (χ4v) is 5.18. The molecule has 0 bridgehead atoms. The summed E-state index contributed by atoms with van der Waals surface area (Å²) in [6, 6.07) is 15.5. The third-order valence-electron chi connectivity index (χ3n) is 6.33. The smallest absolute Gasteiger partial charge is 0.268 e. The van der Waals surface area contributed by atoms with Gasteiger partial charge < -0.3 is 19.3 Å². The van der Waals surface area contributed by atoms with Gasteiger partial charge in [-0.1, -0.05) is 23.4 Å². The Balaban J connectivity index is 1.38. The van der Waals surface area contributed by atoms with Crippen LogP contribution >= 0.6 is 11.3 Å². The van der Waals surface area contributed by atoms with Gasteiger partial charge in [-0.2, -0.15) is 4.39 Å². The van der Waals surface area contributed by atoms with Gasteiger partial charge in [-0.3, -0.25) is 4.79 Å². The van der Waals surface area contributed by atoms with E-state index < -0.39 is 0 Å². The van der Waals surface area contributed by atoms with Crippen LogP contribution in [0.2, 0.25) is 0 Å². The van der Waals surface area contributed by atoms with Crippen molar-refractivity contribution in [3.63, 3.8) is 0 Å². The van der Waals surface area contributed by atoms with Crippen LogP contribution in [0.4, 0.5) is 4.39 Å². The molecule has 0 saturated carbocycles. The lowest BCUT2D eigenvalue weighted by molar-refractivity contribution is 0.0892. The van der Waals surface area contributed by atoms with Crippen molar-refractivity contribution in [2.75, 3.05) is 13.1 Å². The minimum Gasteiger partial charge on any atom is -0.355 e. The number of piperidine rings is 1. The molecule has 6 nitrogen and oxygen atoms in total. The second-order valence-corrected chi connectivity index (χ2v) is 9.87. The molecular formula is C25H27FN4O2S. The van der Waals surface area contributed by atoms with Crippen LogP contribution in [0.25, 0.3) is 21.5 Å². The van der Waals surface area contributed by atoms with Crippen LogP contribution in [0.1, 0.15) is 42.9 Å². The number of para-hydroxylation sites is 1. The van der Waals surface area contributed by atoms with E-state index in [1.807, 2.05) is 41.0 Å². The van der Waals surface area contributed by atoms with Crippen LogP contribution < -0.4 is 5.32 Å². The summed E-state index contributed by atoms with van der Waals surface area (Å²) in [4.78, 5) is 16.4. The van der Waals surface area contributed by atoms with Gasteiger partial charge in [0.15, 0.2) is 10.9 Å². The van der Waals surface area contributed by atoms with Gasteiger partial charge in [0, 0.05) is 42.1 Å². The Hall–Kier alpha value is -2.97. The molecule has 1 aromatic carbocycles. The summed E-state index contributed by atoms with van der Waals surface area (Å²) in [6.07, 6.45) is 1.91. The van der Waals surface area contributed by atoms with Gasteiger partial charge in [0.25, 0.3) is 5.91 Å². The van der Waals surface area contributed by atoms with E-state index in [2.05, 4.69) is 29.2 Å². The molecule has 8 heteroatoms. The minimum atomic E-state index is -0.266. The third-order valence-corrected chi connectivity index (χ3v) is 7.22. The molecule has 4 heterocycles. The van der Waals surface area contributed by atoms with Crippen molar-refractivity contribution < 1.29 is 13.7 Å². The Morgan fingerprint density at radius 2 is 2.00 bits per heavy atom. The molecule has 0 aliphatic carbocycles. The summed E-state index contributed by atoms with van der Waals surface area (Å²) < 4.78 is 20.8. The predicted molar refractivity (Wildman–Crippen MR) is 128 cm³/mol. The maximum absolute atomic E-state index is 13.4. The number of halogens is 1. The molecule has 1 fully saturated rings. The van der Waals surface area contributed by atoms with Crippen molar-refractivity contribution >= 4 is 28.1 Å². The molecule has 0 unspecified atom stereocenters. The molecule has 5 rings (SSSR count). The number of likely N-dealkylation sites (tertiary alicyclic amines) is 1. The Kier molecular flexibility index (Phi) is 6.03. The number of carbonyl (C=O) groups is 1. The zero-order valence-corrected chi connectivity index (χ0v) is 19.6. The zero-order chi connectivity index (χ0) is 22.9. The van der Waals surface area contributed by atoms with Crippen molar-refractivity contribution in [1.82, 2.24) is 19.9 Å². The van der Waals surface area contributed by atoms with E-state index in [-0.39, 0.29) is 17.1 Å². The maximum Gasteiger partial charge on any atom is 0.268 e. The number of aromatic nitrogens is 2. The quantitative estimate of drug-likeness (QED) is 0.427. The summed E-state index contributed by atoms with van der Waals surface area (Å²) in [5, 5.41) is 8.16. The fraction of sp³-hybridized carbons (Fsp3) is 0.360. The van der Waals surface area contributed by atoms with Gasteiger partial charge >= 0.3 is 0 Å². The maximum atomic E-state index is 13.4. The van der Waals surface area contributed by atoms with Crippen molar-refractivity contribution in [2.45, 2.75) is 45.3 Å². The molecule has 0 atom stereocenters. The fourth-order valence-electron chi connectivity index (χ4n) is 4.50. The van der Waals surface area contributed by atoms with Gasteiger partial charge in [-0.05, 0) is 51.0 Å². The average molecular weight is 467 g/mol. The number of thiophene rings is 1. The number of nitrogens with zero attached hydrogens (tertiary/aromatic N) is 3. The molecule has 3 aromatic heterocycles. The monoisotopic (exact) mass is 466 g/mol. The number of rotatable bonds is 6. The summed E-state index contributed by atoms with van der Waals surface area (Å²) >= 11 is 1.02. The summed E-state index contributed by atoms with van der Waals surface area (Å²) in [6.45, 7) is 6.80. The number of nitrogens with one attached hydrogen (secondary N) is 1. The van der Waals surface area contributed by atoms with Crippen molar-refractivity contribution in [2.24, 2.45) is 0 Å². The number of hydrogen-bond acceptors (Lipinski definition) is 5. The normalized spacial score (nSPS) is 15.5. The lowest BCUT2D eigenvalue weighted by Gasteiger charge is -2.34. The van der Waals surface area contributed by atoms with Gasteiger partial charge in [0.05, 0.1) is 11.4 Å². The molecule has 1 aliphatic rings. The number of carbonyl (C=O) groups excluding carboxylic acids is 1. The summed E-state index contributed by atoms with van der Waals surface area (Å²) in [5.41, 5.74) is 2.25. The molecule has 1 amide bonds. The lowest BCUT2D eigenvalue weighted by Crippen LogP contribution is -2.46. The van der Waals surface area contributed by atoms with Crippen LogP contribution in [0.5, 0.6) is 0 Å². The molecule has 1 aliphatic heterocycles. The molecule has 4 aromatic rings. The van der Waals surface area contributed by atoms with Crippen molar-refractivity contribution in [1.29, 1.82) is 0 Å². The highest BCUT2D eigenvalue weighted by Crippen LogP contribution is 2.29. The average Bonchev–Trinajstić information content (AvgIpc) is 3.53. The molecule has 1 N–H and O–H groups in total. The topological polar surface area (TPSA) is 63.3 Å². The van der Waals surface area contributed by atoms with Gasteiger partial charge in [-0.15, -0.1) is 11.3 Å². The van der Waals surface area contributed by atoms with E-state index in [4.69, 9.17) is 4.52 Å². The number of fused-ring (bicyclic) bond motifs is 1. The lowest BCUT2D eigenvalue weighted by atomic mass is 10.0. The largest absolute Gasteiger partial charge is 0.355 e. The van der Waals surface area contributed by atoms with Crippen molar-refractivity contribution in [3.05, 3.63) is 65.0 Å². The Bertz CT molecular complexity index is 1270. The molecule has 0 spiro atoms. The first-order valence-corrected chi connectivity index (χ1v) is 12.1. The number of hydrogen-bond donors (Lipinski definition) is 1. The van der Waals surface area contributed by atoms with E-state index in [9.17, 15) is 9.18 Å².